The Labute approximate surface area is 163 Å². The number of nitrogens with zero attached hydrogens (tertiary/aromatic N) is 1. The van der Waals surface area contributed by atoms with Crippen molar-refractivity contribution in [3.05, 3.63) is 34.9 Å². The van der Waals surface area contributed by atoms with Crippen LogP contribution in [0.1, 0.15) is 12.0 Å². The minimum Gasteiger partial charge on any atom is -0.385 e. The van der Waals surface area contributed by atoms with Crippen LogP contribution in [0, 0.1) is 0 Å². The number of benzene rings is 1. The van der Waals surface area contributed by atoms with E-state index in [1.165, 1.54) is 7.11 Å². The van der Waals surface area contributed by atoms with E-state index in [1.54, 1.807) is 24.3 Å². The molecule has 1 amide bonds. The topological polar surface area (TPSA) is 98.9 Å². The molecule has 0 unspecified atom stereocenters. The largest absolute Gasteiger partial charge is 0.491 e. The molecule has 1 aliphatic rings. The van der Waals surface area contributed by atoms with Gasteiger partial charge in [0.05, 0.1) is 12.1 Å². The van der Waals surface area contributed by atoms with Crippen LogP contribution in [0.15, 0.2) is 24.3 Å². The van der Waals surface area contributed by atoms with Gasteiger partial charge >= 0.3 is 18.1 Å². The summed E-state index contributed by atoms with van der Waals surface area (Å²) < 4.78 is 46.0. The maximum Gasteiger partial charge on any atom is 0.491 e. The Morgan fingerprint density at radius 1 is 1.29 bits per heavy atom. The summed E-state index contributed by atoms with van der Waals surface area (Å²) in [6.07, 6.45) is -5.92. The molecule has 1 aliphatic heterocycles. The second kappa shape index (κ2) is 8.89. The Hall–Kier alpha value is -2.17. The number of carbonyl (C=O) groups excluding carboxylic acids is 3. The van der Waals surface area contributed by atoms with E-state index >= 15 is 0 Å². The lowest BCUT2D eigenvalue weighted by Gasteiger charge is -2.25. The quantitative estimate of drug-likeness (QED) is 0.569. The van der Waals surface area contributed by atoms with Gasteiger partial charge in [-0.2, -0.15) is 13.2 Å². The Kier molecular flexibility index (Phi) is 7.02. The normalized spacial score (nSPS) is 20.7. The van der Waals surface area contributed by atoms with Gasteiger partial charge in [0.15, 0.2) is 0 Å². The van der Waals surface area contributed by atoms with Crippen molar-refractivity contribution in [1.29, 1.82) is 0 Å². The van der Waals surface area contributed by atoms with E-state index in [9.17, 15) is 27.6 Å². The fraction of sp³-hybridized carbons (Fsp3) is 0.471. The van der Waals surface area contributed by atoms with Crippen LogP contribution in [0.4, 0.5) is 13.2 Å². The zero-order chi connectivity index (χ0) is 21.1. The predicted molar refractivity (Wildman–Crippen MR) is 91.2 cm³/mol. The van der Waals surface area contributed by atoms with Crippen LogP contribution < -0.4 is 5.73 Å². The number of hydrogen-bond donors (Lipinski definition) is 1. The smallest absolute Gasteiger partial charge is 0.385 e. The fourth-order valence-corrected chi connectivity index (χ4v) is 2.95. The molecule has 0 aliphatic carbocycles. The highest BCUT2D eigenvalue weighted by molar-refractivity contribution is 6.30. The van der Waals surface area contributed by atoms with Crippen LogP contribution in [0.25, 0.3) is 0 Å². The SMILES string of the molecule is CO[C@@H]1C[C@@H](C(=O)OC(=O)C(F)(F)F)N(C(=O)[C@H](N)Cc2ccc(Cl)cc2)C1. The minimum absolute atomic E-state index is 0.0658. The number of hydrogen-bond acceptors (Lipinski definition) is 6. The number of esters is 2. The molecule has 154 valence electrons. The fourth-order valence-electron chi connectivity index (χ4n) is 2.83. The van der Waals surface area contributed by atoms with E-state index in [0.29, 0.717) is 10.6 Å². The summed E-state index contributed by atoms with van der Waals surface area (Å²) in [5.41, 5.74) is 6.63. The number of amides is 1. The Balaban J connectivity index is 2.10. The van der Waals surface area contributed by atoms with E-state index in [-0.39, 0.29) is 19.4 Å². The summed E-state index contributed by atoms with van der Waals surface area (Å²) in [5.74, 6) is -4.79. The molecule has 1 fully saturated rings. The number of rotatable bonds is 5. The van der Waals surface area contributed by atoms with Gasteiger partial charge in [0.25, 0.3) is 0 Å². The standard InChI is InChI=1S/C17H18ClF3N2O5/c1-27-11-7-13(15(25)28-16(26)17(19,20)21)23(8-11)14(24)12(22)6-9-2-4-10(18)5-3-9/h2-5,11-13H,6-8,22H2,1H3/t11-,12-,13+/m1/s1. The lowest BCUT2D eigenvalue weighted by atomic mass is 10.1. The van der Waals surface area contributed by atoms with E-state index in [4.69, 9.17) is 22.1 Å². The lowest BCUT2D eigenvalue weighted by molar-refractivity contribution is -0.203. The number of ether oxygens (including phenoxy) is 2. The van der Waals surface area contributed by atoms with Crippen molar-refractivity contribution in [3.8, 4) is 0 Å². The van der Waals surface area contributed by atoms with Crippen molar-refractivity contribution in [1.82, 2.24) is 4.90 Å². The molecule has 0 spiro atoms. The molecule has 0 radical (unpaired) electrons. The molecule has 0 bridgehead atoms. The number of methoxy groups -OCH3 is 1. The monoisotopic (exact) mass is 422 g/mol. The van der Waals surface area contributed by atoms with Gasteiger partial charge in [0.1, 0.15) is 6.04 Å². The Morgan fingerprint density at radius 3 is 2.43 bits per heavy atom. The number of nitrogens with two attached hydrogens (primary N) is 1. The predicted octanol–water partition coefficient (Wildman–Crippen LogP) is 1.46. The van der Waals surface area contributed by atoms with Crippen molar-refractivity contribution >= 4 is 29.4 Å². The first-order chi connectivity index (χ1) is 13.0. The molecule has 2 rings (SSSR count). The maximum absolute atomic E-state index is 12.7. The van der Waals surface area contributed by atoms with E-state index in [2.05, 4.69) is 4.74 Å². The molecule has 1 saturated heterocycles. The van der Waals surface area contributed by atoms with Gasteiger partial charge in [-0.15, -0.1) is 0 Å². The maximum atomic E-state index is 12.7. The molecule has 1 heterocycles. The third kappa shape index (κ3) is 5.43. The van der Waals surface area contributed by atoms with Crippen LogP contribution in [0.5, 0.6) is 0 Å². The van der Waals surface area contributed by atoms with Crippen LogP contribution in [0.3, 0.4) is 0 Å². The van der Waals surface area contributed by atoms with E-state index in [1.807, 2.05) is 0 Å². The molecule has 1 aromatic carbocycles. The van der Waals surface area contributed by atoms with Crippen molar-refractivity contribution in [2.45, 2.75) is 37.2 Å². The summed E-state index contributed by atoms with van der Waals surface area (Å²) in [6, 6.07) is 4.11. The molecule has 3 atom stereocenters. The summed E-state index contributed by atoms with van der Waals surface area (Å²) in [6.45, 7) is -0.0658. The first-order valence-electron chi connectivity index (χ1n) is 8.19. The van der Waals surface area contributed by atoms with Crippen LogP contribution in [-0.4, -0.2) is 60.8 Å². The van der Waals surface area contributed by atoms with Gasteiger partial charge in [-0.3, -0.25) is 4.79 Å². The lowest BCUT2D eigenvalue weighted by Crippen LogP contribution is -2.50. The second-order valence-corrected chi connectivity index (χ2v) is 6.68. The molecule has 7 nitrogen and oxygen atoms in total. The molecular weight excluding hydrogens is 405 g/mol. The van der Waals surface area contributed by atoms with Gasteiger partial charge in [-0.1, -0.05) is 23.7 Å². The first-order valence-corrected chi connectivity index (χ1v) is 8.57. The summed E-state index contributed by atoms with van der Waals surface area (Å²) in [4.78, 5) is 36.6. The highest BCUT2D eigenvalue weighted by atomic mass is 35.5. The Morgan fingerprint density at radius 2 is 1.89 bits per heavy atom. The average molecular weight is 423 g/mol. The van der Waals surface area contributed by atoms with Gasteiger partial charge in [-0.25, -0.2) is 9.59 Å². The molecular formula is C17H18ClF3N2O5. The molecule has 28 heavy (non-hydrogen) atoms. The van der Waals surface area contributed by atoms with Crippen molar-refractivity contribution in [3.63, 3.8) is 0 Å². The van der Waals surface area contributed by atoms with E-state index in [0.717, 1.165) is 4.90 Å². The van der Waals surface area contributed by atoms with Crippen LogP contribution >= 0.6 is 11.6 Å². The van der Waals surface area contributed by atoms with Crippen LogP contribution in [-0.2, 0) is 30.3 Å². The van der Waals surface area contributed by atoms with E-state index < -0.39 is 42.2 Å². The number of halogens is 4. The highest BCUT2D eigenvalue weighted by Crippen LogP contribution is 2.24. The molecule has 11 heteroatoms. The van der Waals surface area contributed by atoms with Crippen molar-refractivity contribution in [2.24, 2.45) is 5.73 Å². The molecule has 0 aromatic heterocycles. The minimum atomic E-state index is -5.32. The number of alkyl halides is 3. The van der Waals surface area contributed by atoms with Crippen molar-refractivity contribution in [2.75, 3.05) is 13.7 Å². The zero-order valence-corrected chi connectivity index (χ0v) is 15.5. The first kappa shape index (κ1) is 22.1. The second-order valence-electron chi connectivity index (χ2n) is 6.24. The van der Waals surface area contributed by atoms with Crippen LogP contribution in [0.2, 0.25) is 5.02 Å². The van der Waals surface area contributed by atoms with Gasteiger partial charge in [-0.05, 0) is 24.1 Å². The zero-order valence-electron chi connectivity index (χ0n) is 14.7. The van der Waals surface area contributed by atoms with Gasteiger partial charge in [0, 0.05) is 25.1 Å². The summed E-state index contributed by atoms with van der Waals surface area (Å²) in [7, 11) is 1.33. The molecule has 0 saturated carbocycles. The van der Waals surface area contributed by atoms with Crippen molar-refractivity contribution < 1.29 is 37.0 Å². The average Bonchev–Trinajstić information content (AvgIpc) is 3.06. The van der Waals surface area contributed by atoms with Gasteiger partial charge in [0.2, 0.25) is 5.91 Å². The highest BCUT2D eigenvalue weighted by Gasteiger charge is 2.47. The number of likely N-dealkylation sites (tertiary alicyclic amines) is 1. The Bertz CT molecular complexity index is 741. The third-order valence-corrected chi connectivity index (χ3v) is 4.51. The molecule has 2 N–H and O–H groups in total. The summed E-state index contributed by atoms with van der Waals surface area (Å²) >= 11 is 5.79. The summed E-state index contributed by atoms with van der Waals surface area (Å²) in [5, 5.41) is 0.503. The molecule has 1 aromatic rings. The number of carbonyl (C=O) groups is 3. The van der Waals surface area contributed by atoms with Gasteiger partial charge < -0.3 is 20.1 Å². The third-order valence-electron chi connectivity index (χ3n) is 4.26.